The van der Waals surface area contributed by atoms with E-state index in [1.807, 2.05) is 12.1 Å². The first-order valence-corrected chi connectivity index (χ1v) is 7.03. The molecule has 1 aliphatic rings. The van der Waals surface area contributed by atoms with Crippen LogP contribution in [0.15, 0.2) is 24.3 Å². The molecule has 2 rings (SSSR count). The van der Waals surface area contributed by atoms with E-state index in [9.17, 15) is 9.18 Å². The quantitative estimate of drug-likeness (QED) is 0.787. The van der Waals surface area contributed by atoms with E-state index in [-0.39, 0.29) is 17.6 Å². The lowest BCUT2D eigenvalue weighted by atomic mass is 10.1. The minimum Gasteiger partial charge on any atom is -0.339 e. The SMILES string of the molecule is O=C(CCl)N1CCN(CCc2ccc(F)cc2)CC1. The molecule has 1 heterocycles. The fourth-order valence-corrected chi connectivity index (χ4v) is 2.41. The Morgan fingerprint density at radius 2 is 1.79 bits per heavy atom. The zero-order valence-corrected chi connectivity index (χ0v) is 11.6. The molecule has 1 aliphatic heterocycles. The van der Waals surface area contributed by atoms with Crippen LogP contribution in [-0.2, 0) is 11.2 Å². The normalized spacial score (nSPS) is 16.6. The largest absolute Gasteiger partial charge is 0.339 e. The van der Waals surface area contributed by atoms with Gasteiger partial charge in [0.1, 0.15) is 11.7 Å². The fourth-order valence-electron chi connectivity index (χ4n) is 2.24. The van der Waals surface area contributed by atoms with E-state index >= 15 is 0 Å². The molecule has 3 nitrogen and oxygen atoms in total. The van der Waals surface area contributed by atoms with Crippen LogP contribution >= 0.6 is 11.6 Å². The van der Waals surface area contributed by atoms with Crippen molar-refractivity contribution in [1.29, 1.82) is 0 Å². The summed E-state index contributed by atoms with van der Waals surface area (Å²) < 4.78 is 12.8. The van der Waals surface area contributed by atoms with E-state index in [1.165, 1.54) is 12.1 Å². The van der Waals surface area contributed by atoms with E-state index in [0.29, 0.717) is 0 Å². The summed E-state index contributed by atoms with van der Waals surface area (Å²) in [6.45, 7) is 4.19. The molecule has 0 bridgehead atoms. The molecule has 104 valence electrons. The number of amides is 1. The third-order valence-electron chi connectivity index (χ3n) is 3.47. The smallest absolute Gasteiger partial charge is 0.237 e. The minimum atomic E-state index is -0.197. The zero-order chi connectivity index (χ0) is 13.7. The van der Waals surface area contributed by atoms with Crippen molar-refractivity contribution in [2.75, 3.05) is 38.6 Å². The molecule has 0 aliphatic carbocycles. The highest BCUT2D eigenvalue weighted by molar-refractivity contribution is 6.27. The minimum absolute atomic E-state index is 0.0138. The standard InChI is InChI=1S/C14H18ClFN2O/c15-11-14(19)18-9-7-17(8-10-18)6-5-12-1-3-13(16)4-2-12/h1-4H,5-11H2. The number of benzene rings is 1. The van der Waals surface area contributed by atoms with Crippen molar-refractivity contribution in [2.45, 2.75) is 6.42 Å². The predicted molar refractivity (Wildman–Crippen MR) is 73.8 cm³/mol. The van der Waals surface area contributed by atoms with Gasteiger partial charge in [0, 0.05) is 32.7 Å². The first-order chi connectivity index (χ1) is 9.19. The molecule has 0 spiro atoms. The third kappa shape index (κ3) is 4.18. The summed E-state index contributed by atoms with van der Waals surface area (Å²) in [6, 6.07) is 6.63. The summed E-state index contributed by atoms with van der Waals surface area (Å²) >= 11 is 5.54. The molecule has 0 saturated carbocycles. The summed E-state index contributed by atoms with van der Waals surface area (Å²) in [7, 11) is 0. The Labute approximate surface area is 117 Å². The van der Waals surface area contributed by atoms with Crippen LogP contribution in [0.5, 0.6) is 0 Å². The van der Waals surface area contributed by atoms with Crippen LogP contribution in [0, 0.1) is 5.82 Å². The number of piperazine rings is 1. The highest BCUT2D eigenvalue weighted by atomic mass is 35.5. The fraction of sp³-hybridized carbons (Fsp3) is 0.500. The maximum absolute atomic E-state index is 12.8. The van der Waals surface area contributed by atoms with E-state index in [1.54, 1.807) is 4.90 Å². The van der Waals surface area contributed by atoms with Crippen molar-refractivity contribution >= 4 is 17.5 Å². The first-order valence-electron chi connectivity index (χ1n) is 6.49. The van der Waals surface area contributed by atoms with E-state index in [0.717, 1.165) is 44.7 Å². The van der Waals surface area contributed by atoms with Gasteiger partial charge in [-0.15, -0.1) is 11.6 Å². The summed E-state index contributed by atoms with van der Waals surface area (Å²) in [5.74, 6) is -0.118. The molecule has 0 atom stereocenters. The Morgan fingerprint density at radius 3 is 2.37 bits per heavy atom. The van der Waals surface area contributed by atoms with Gasteiger partial charge in [-0.05, 0) is 24.1 Å². The molecule has 0 radical (unpaired) electrons. The molecule has 5 heteroatoms. The Kier molecular flexibility index (Phi) is 5.16. The van der Waals surface area contributed by atoms with Crippen LogP contribution in [0.3, 0.4) is 0 Å². The molecule has 0 aromatic heterocycles. The van der Waals surface area contributed by atoms with Gasteiger partial charge in [0.25, 0.3) is 0 Å². The number of hydrogen-bond donors (Lipinski definition) is 0. The molecule has 1 aromatic rings. The topological polar surface area (TPSA) is 23.6 Å². The maximum atomic E-state index is 12.8. The van der Waals surface area contributed by atoms with Gasteiger partial charge in [-0.2, -0.15) is 0 Å². The lowest BCUT2D eigenvalue weighted by molar-refractivity contribution is -0.130. The third-order valence-corrected chi connectivity index (χ3v) is 3.70. The Morgan fingerprint density at radius 1 is 1.16 bits per heavy atom. The molecule has 1 aromatic carbocycles. The molecule has 19 heavy (non-hydrogen) atoms. The van der Waals surface area contributed by atoms with Gasteiger partial charge in [-0.25, -0.2) is 4.39 Å². The predicted octanol–water partition coefficient (Wildman–Crippen LogP) is 1.75. The zero-order valence-electron chi connectivity index (χ0n) is 10.8. The average Bonchev–Trinajstić information content (AvgIpc) is 2.46. The van der Waals surface area contributed by atoms with Crippen molar-refractivity contribution < 1.29 is 9.18 Å². The van der Waals surface area contributed by atoms with E-state index < -0.39 is 0 Å². The number of carbonyl (C=O) groups is 1. The Hall–Kier alpha value is -1.13. The van der Waals surface area contributed by atoms with Crippen molar-refractivity contribution in [2.24, 2.45) is 0 Å². The van der Waals surface area contributed by atoms with Crippen LogP contribution in [0.2, 0.25) is 0 Å². The molecule has 0 N–H and O–H groups in total. The average molecular weight is 285 g/mol. The van der Waals surface area contributed by atoms with Crippen molar-refractivity contribution in [3.8, 4) is 0 Å². The van der Waals surface area contributed by atoms with Gasteiger partial charge in [-0.1, -0.05) is 12.1 Å². The monoisotopic (exact) mass is 284 g/mol. The van der Waals surface area contributed by atoms with E-state index in [4.69, 9.17) is 11.6 Å². The van der Waals surface area contributed by atoms with Gasteiger partial charge in [0.15, 0.2) is 0 Å². The van der Waals surface area contributed by atoms with Gasteiger partial charge in [0.2, 0.25) is 5.91 Å². The van der Waals surface area contributed by atoms with Crippen molar-refractivity contribution in [3.05, 3.63) is 35.6 Å². The number of hydrogen-bond acceptors (Lipinski definition) is 2. The van der Waals surface area contributed by atoms with Crippen molar-refractivity contribution in [3.63, 3.8) is 0 Å². The van der Waals surface area contributed by atoms with E-state index in [2.05, 4.69) is 4.90 Å². The van der Waals surface area contributed by atoms with Gasteiger partial charge in [-0.3, -0.25) is 9.69 Å². The second-order valence-corrected chi connectivity index (χ2v) is 5.00. The van der Waals surface area contributed by atoms with Crippen LogP contribution in [0.4, 0.5) is 4.39 Å². The molecular formula is C14H18ClFN2O. The molecule has 0 unspecified atom stereocenters. The number of rotatable bonds is 4. The summed E-state index contributed by atoms with van der Waals surface area (Å²) in [4.78, 5) is 15.6. The van der Waals surface area contributed by atoms with Gasteiger partial charge in [0.05, 0.1) is 0 Å². The number of nitrogens with zero attached hydrogens (tertiary/aromatic N) is 2. The summed E-state index contributed by atoms with van der Waals surface area (Å²) in [5.41, 5.74) is 1.14. The summed E-state index contributed by atoms with van der Waals surface area (Å²) in [6.07, 6.45) is 0.906. The van der Waals surface area contributed by atoms with Gasteiger partial charge >= 0.3 is 0 Å². The lowest BCUT2D eigenvalue weighted by Gasteiger charge is -2.34. The van der Waals surface area contributed by atoms with Crippen LogP contribution < -0.4 is 0 Å². The number of carbonyl (C=O) groups excluding carboxylic acids is 1. The van der Waals surface area contributed by atoms with Crippen LogP contribution in [0.25, 0.3) is 0 Å². The van der Waals surface area contributed by atoms with Crippen LogP contribution in [-0.4, -0.2) is 54.3 Å². The second kappa shape index (κ2) is 6.87. The second-order valence-electron chi connectivity index (χ2n) is 4.73. The highest BCUT2D eigenvalue weighted by Gasteiger charge is 2.19. The Balaban J connectivity index is 1.74. The number of alkyl halides is 1. The van der Waals surface area contributed by atoms with Crippen molar-refractivity contribution in [1.82, 2.24) is 9.80 Å². The number of halogens is 2. The maximum Gasteiger partial charge on any atom is 0.237 e. The first kappa shape index (κ1) is 14.3. The molecular weight excluding hydrogens is 267 g/mol. The molecule has 1 amide bonds. The molecule has 1 saturated heterocycles. The Bertz CT molecular complexity index is 416. The highest BCUT2D eigenvalue weighted by Crippen LogP contribution is 2.07. The molecule has 1 fully saturated rings. The van der Waals surface area contributed by atoms with Gasteiger partial charge < -0.3 is 4.90 Å². The summed E-state index contributed by atoms with van der Waals surface area (Å²) in [5, 5.41) is 0. The van der Waals surface area contributed by atoms with Crippen LogP contribution in [0.1, 0.15) is 5.56 Å². The lowest BCUT2D eigenvalue weighted by Crippen LogP contribution is -2.49.